The predicted molar refractivity (Wildman–Crippen MR) is 154 cm³/mol. The highest BCUT2D eigenvalue weighted by Gasteiger charge is 2.38. The number of aliphatic hydroxyl groups excluding tert-OH is 1. The van der Waals surface area contributed by atoms with Gasteiger partial charge in [0.2, 0.25) is 0 Å². The second-order valence-electron chi connectivity index (χ2n) is 10.5. The number of methoxy groups -OCH3 is 1. The van der Waals surface area contributed by atoms with Crippen molar-refractivity contribution in [2.24, 2.45) is 13.0 Å². The molecule has 47 heavy (non-hydrogen) atoms. The lowest BCUT2D eigenvalue weighted by molar-refractivity contribution is -0.137. The fourth-order valence-corrected chi connectivity index (χ4v) is 5.30. The average molecular weight is 670 g/mol. The molecule has 2 aromatic carbocycles. The molecule has 4 aromatic rings. The Morgan fingerprint density at radius 2 is 1.74 bits per heavy atom. The molecule has 1 aliphatic heterocycles. The van der Waals surface area contributed by atoms with E-state index in [9.17, 15) is 36.6 Å². The molecule has 1 fully saturated rings. The molecule has 1 amide bonds. The number of carbonyl (C=O) groups excluding carboxylic acids is 1. The molecule has 3 heterocycles. The number of hydrogen-bond acceptors (Lipinski definition) is 7. The van der Waals surface area contributed by atoms with Crippen LogP contribution in [-0.2, 0) is 13.2 Å². The fraction of sp³-hybridized carbons (Fsp3) is 0.300. The van der Waals surface area contributed by atoms with Gasteiger partial charge in [0.1, 0.15) is 45.9 Å². The number of pyridine rings is 1. The third-order valence-corrected chi connectivity index (χ3v) is 7.57. The first-order chi connectivity index (χ1) is 22.2. The molecule has 10 nitrogen and oxygen atoms in total. The van der Waals surface area contributed by atoms with Gasteiger partial charge in [-0.2, -0.15) is 26.6 Å². The third-order valence-electron chi connectivity index (χ3n) is 7.57. The Bertz CT molecular complexity index is 1830. The van der Waals surface area contributed by atoms with Gasteiger partial charge in [0.05, 0.1) is 12.7 Å². The quantitative estimate of drug-likeness (QED) is 0.236. The number of ether oxygens (including phenoxy) is 2. The van der Waals surface area contributed by atoms with Gasteiger partial charge in [-0.1, -0.05) is 0 Å². The van der Waals surface area contributed by atoms with Crippen LogP contribution in [-0.4, -0.2) is 58.8 Å². The number of halogens is 7. The second-order valence-corrected chi connectivity index (χ2v) is 10.5. The number of benzene rings is 2. The number of rotatable bonds is 9. The van der Waals surface area contributed by atoms with Crippen molar-refractivity contribution >= 4 is 17.4 Å². The smallest absolute Gasteiger partial charge is 0.420 e. The zero-order valence-corrected chi connectivity index (χ0v) is 24.6. The highest BCUT2D eigenvalue weighted by molar-refractivity contribution is 6.06. The second kappa shape index (κ2) is 13.0. The Balaban J connectivity index is 1.71. The number of anilines is 2. The molecular formula is C30H26F7N5O5. The van der Waals surface area contributed by atoms with Gasteiger partial charge in [0, 0.05) is 50.4 Å². The summed E-state index contributed by atoms with van der Waals surface area (Å²) in [5.74, 6) is -5.22. The van der Waals surface area contributed by atoms with E-state index in [-0.39, 0.29) is 41.9 Å². The zero-order valence-electron chi connectivity index (χ0n) is 24.6. The maximum atomic E-state index is 15.4. The largest absolute Gasteiger partial charge is 0.497 e. The van der Waals surface area contributed by atoms with Crippen LogP contribution in [0.4, 0.5) is 42.2 Å². The Kier molecular flexibility index (Phi) is 9.20. The van der Waals surface area contributed by atoms with Crippen LogP contribution in [0.2, 0.25) is 0 Å². The van der Waals surface area contributed by atoms with E-state index in [1.54, 1.807) is 4.90 Å². The normalized spacial score (nSPS) is 15.0. The minimum Gasteiger partial charge on any atom is -0.497 e. The van der Waals surface area contributed by atoms with Crippen molar-refractivity contribution in [3.63, 3.8) is 0 Å². The van der Waals surface area contributed by atoms with Crippen molar-refractivity contribution in [1.82, 2.24) is 14.3 Å². The SMILES string of the molecule is COc1cc(F)c(-c2c(NC(=O)c3ccc(OC(F)F)cc3)c(=O)n(-c3nc(N4CC[C@@H](CO)C4)ccc3C(F)(F)F)n2C)c(F)c1. The molecule has 2 aromatic heterocycles. The number of amides is 1. The van der Waals surface area contributed by atoms with Gasteiger partial charge in [-0.15, -0.1) is 0 Å². The number of aliphatic hydroxyl groups is 1. The molecule has 0 unspecified atom stereocenters. The lowest BCUT2D eigenvalue weighted by Gasteiger charge is -2.21. The Hall–Kier alpha value is -5.06. The Labute approximate surface area is 261 Å². The standard InChI is InChI=1S/C30H26F7N5O5/c1-40-25(23-20(31)11-18(46-2)12-21(23)32)24(39-27(44)16-3-5-17(6-4-16)47-29(33)34)28(45)42(40)26-19(30(35,36)37)7-8-22(38-26)41-10-9-15(13-41)14-43/h3-8,11-12,15,29,43H,9-10,13-14H2,1-2H3,(H,39,44)/t15-/m1/s1. The van der Waals surface area contributed by atoms with Crippen LogP contribution in [0, 0.1) is 17.6 Å². The molecule has 1 saturated heterocycles. The highest BCUT2D eigenvalue weighted by Crippen LogP contribution is 2.38. The zero-order chi connectivity index (χ0) is 34.2. The first-order valence-electron chi connectivity index (χ1n) is 13.9. The van der Waals surface area contributed by atoms with Crippen molar-refractivity contribution in [3.8, 4) is 28.6 Å². The van der Waals surface area contributed by atoms with Gasteiger partial charge in [-0.25, -0.2) is 13.8 Å². The topological polar surface area (TPSA) is 111 Å². The van der Waals surface area contributed by atoms with Gasteiger partial charge >= 0.3 is 12.8 Å². The molecule has 250 valence electrons. The third kappa shape index (κ3) is 6.61. The van der Waals surface area contributed by atoms with Crippen molar-refractivity contribution < 1.29 is 50.1 Å². The highest BCUT2D eigenvalue weighted by atomic mass is 19.4. The Morgan fingerprint density at radius 1 is 1.09 bits per heavy atom. The molecule has 0 saturated carbocycles. The Morgan fingerprint density at radius 3 is 2.30 bits per heavy atom. The lowest BCUT2D eigenvalue weighted by Crippen LogP contribution is -2.28. The van der Waals surface area contributed by atoms with E-state index in [1.165, 1.54) is 0 Å². The van der Waals surface area contributed by atoms with E-state index in [4.69, 9.17) is 4.74 Å². The maximum Gasteiger partial charge on any atom is 0.420 e. The number of nitrogens with zero attached hydrogens (tertiary/aromatic N) is 4. The number of nitrogens with one attached hydrogen (secondary N) is 1. The fourth-order valence-electron chi connectivity index (χ4n) is 5.30. The summed E-state index contributed by atoms with van der Waals surface area (Å²) < 4.78 is 109. The van der Waals surface area contributed by atoms with E-state index < -0.39 is 64.2 Å². The summed E-state index contributed by atoms with van der Waals surface area (Å²) in [6, 6.07) is 7.54. The first kappa shape index (κ1) is 33.3. The van der Waals surface area contributed by atoms with Crippen LogP contribution in [0.3, 0.4) is 0 Å². The van der Waals surface area contributed by atoms with Crippen LogP contribution < -0.4 is 25.2 Å². The summed E-state index contributed by atoms with van der Waals surface area (Å²) in [5, 5.41) is 11.7. The predicted octanol–water partition coefficient (Wildman–Crippen LogP) is 5.22. The molecule has 17 heteroatoms. The van der Waals surface area contributed by atoms with Crippen LogP contribution in [0.1, 0.15) is 22.3 Å². The average Bonchev–Trinajstić information content (AvgIpc) is 3.59. The maximum absolute atomic E-state index is 15.4. The molecule has 5 rings (SSSR count). The van der Waals surface area contributed by atoms with Crippen molar-refractivity contribution in [2.75, 3.05) is 37.0 Å². The molecule has 0 spiro atoms. The van der Waals surface area contributed by atoms with E-state index in [0.717, 1.165) is 61.3 Å². The lowest BCUT2D eigenvalue weighted by atomic mass is 10.1. The molecule has 2 N–H and O–H groups in total. The van der Waals surface area contributed by atoms with Crippen LogP contribution in [0.5, 0.6) is 11.5 Å². The summed E-state index contributed by atoms with van der Waals surface area (Å²) in [4.78, 5) is 33.0. The van der Waals surface area contributed by atoms with E-state index in [0.29, 0.717) is 23.7 Å². The molecular weight excluding hydrogens is 643 g/mol. The molecule has 0 radical (unpaired) electrons. The van der Waals surface area contributed by atoms with Crippen molar-refractivity contribution in [3.05, 3.63) is 81.6 Å². The van der Waals surface area contributed by atoms with Gasteiger partial charge in [-0.05, 0) is 42.8 Å². The number of carbonyl (C=O) groups is 1. The molecule has 1 aliphatic rings. The van der Waals surface area contributed by atoms with Crippen LogP contribution >= 0.6 is 0 Å². The van der Waals surface area contributed by atoms with Crippen molar-refractivity contribution in [1.29, 1.82) is 0 Å². The van der Waals surface area contributed by atoms with Gasteiger partial charge in [0.15, 0.2) is 5.82 Å². The van der Waals surface area contributed by atoms with Gasteiger partial charge in [-0.3, -0.25) is 14.3 Å². The minimum atomic E-state index is -5.05. The monoisotopic (exact) mass is 669 g/mol. The molecule has 0 bridgehead atoms. The van der Waals surface area contributed by atoms with E-state index in [2.05, 4.69) is 15.0 Å². The summed E-state index contributed by atoms with van der Waals surface area (Å²) in [7, 11) is 2.20. The summed E-state index contributed by atoms with van der Waals surface area (Å²) in [6.45, 7) is -2.69. The molecule has 1 atom stereocenters. The number of aromatic nitrogens is 3. The molecule has 0 aliphatic carbocycles. The minimum absolute atomic E-state index is 0.0390. The first-order valence-corrected chi connectivity index (χ1v) is 13.9. The number of alkyl halides is 5. The van der Waals surface area contributed by atoms with Crippen LogP contribution in [0.25, 0.3) is 17.1 Å². The van der Waals surface area contributed by atoms with Crippen LogP contribution in [0.15, 0.2) is 53.3 Å². The van der Waals surface area contributed by atoms with Crippen molar-refractivity contribution in [2.45, 2.75) is 19.2 Å². The van der Waals surface area contributed by atoms with Gasteiger partial charge in [0.25, 0.3) is 11.5 Å². The van der Waals surface area contributed by atoms with E-state index >= 15 is 8.78 Å². The summed E-state index contributed by atoms with van der Waals surface area (Å²) in [5.41, 5.74) is -5.25. The summed E-state index contributed by atoms with van der Waals surface area (Å²) >= 11 is 0. The van der Waals surface area contributed by atoms with Gasteiger partial charge < -0.3 is 24.8 Å². The number of hydrogen-bond donors (Lipinski definition) is 2. The summed E-state index contributed by atoms with van der Waals surface area (Å²) in [6.07, 6.45) is -4.52. The van der Waals surface area contributed by atoms with E-state index in [1.807, 2.05) is 0 Å².